The minimum atomic E-state index is -2.97. The molecule has 0 spiro atoms. The molecule has 0 saturated carbocycles. The van der Waals surface area contributed by atoms with E-state index in [1.807, 2.05) is 0 Å². The fraction of sp³-hybridized carbons (Fsp3) is 0.500. The fourth-order valence-electron chi connectivity index (χ4n) is 0.684. The summed E-state index contributed by atoms with van der Waals surface area (Å²) >= 11 is 0. The second-order valence-electron chi connectivity index (χ2n) is 2.42. The van der Waals surface area contributed by atoms with Crippen molar-refractivity contribution in [3.63, 3.8) is 0 Å². The Balaban J connectivity index is -0.0000000720. The number of hydrogen-bond donors (Lipinski definition) is 1. The van der Waals surface area contributed by atoms with E-state index in [1.54, 1.807) is 0 Å². The molecule has 0 rings (SSSR count). The van der Waals surface area contributed by atoms with Gasteiger partial charge in [0.1, 0.15) is 5.60 Å². The Labute approximate surface area is 157 Å². The topological polar surface area (TPSA) is 204 Å². The summed E-state index contributed by atoms with van der Waals surface area (Å²) in [5.41, 5.74) is -2.97. The van der Waals surface area contributed by atoms with Gasteiger partial charge >= 0.3 is 76.2 Å². The number of aliphatic carboxylic acids is 3. The van der Waals surface area contributed by atoms with Crippen LogP contribution in [-0.4, -0.2) is 39.6 Å². The standard InChI is InChI=1S/C6H8O7.Cu.2Na.2H2O/c7-3(8)1-6(13,5(11)12)2-4(9)10;;;;;/h13H,1-2H2,(H,7,8)(H,9,10)(H,11,12);;;;2*1H2/q;+2;2*+1;;/p-3. The largest absolute Gasteiger partial charge is 2.00 e. The molecular formula is C6H9CuNa2O9+. The SMILES string of the molecule is O.O.O=C([O-])CC(O)(CC(=O)[O-])C(=O)[O-].[Cu+2].[Na+].[Na+]. The molecule has 0 unspecified atom stereocenters. The summed E-state index contributed by atoms with van der Waals surface area (Å²) in [5, 5.41) is 38.9. The van der Waals surface area contributed by atoms with Crippen LogP contribution in [0, 0.1) is 0 Å². The number of carbonyl (C=O) groups excluding carboxylic acids is 3. The molecule has 12 heteroatoms. The van der Waals surface area contributed by atoms with Crippen LogP contribution in [0.25, 0.3) is 0 Å². The van der Waals surface area contributed by atoms with E-state index < -0.39 is 36.4 Å². The molecule has 0 aliphatic heterocycles. The number of carbonyl (C=O) groups is 3. The first-order valence-corrected chi connectivity index (χ1v) is 3.11. The van der Waals surface area contributed by atoms with Crippen molar-refractivity contribution in [2.45, 2.75) is 18.4 Å². The van der Waals surface area contributed by atoms with Crippen molar-refractivity contribution >= 4 is 17.9 Å². The van der Waals surface area contributed by atoms with Crippen molar-refractivity contribution < 1.29 is 122 Å². The molecule has 99 valence electrons. The van der Waals surface area contributed by atoms with Crippen LogP contribution < -0.4 is 74.4 Å². The molecule has 0 atom stereocenters. The van der Waals surface area contributed by atoms with Gasteiger partial charge in [0.15, 0.2) is 0 Å². The van der Waals surface area contributed by atoms with Gasteiger partial charge < -0.3 is 45.8 Å². The first kappa shape index (κ1) is 36.4. The quantitative estimate of drug-likeness (QED) is 0.480. The third-order valence-corrected chi connectivity index (χ3v) is 1.25. The summed E-state index contributed by atoms with van der Waals surface area (Å²) in [4.78, 5) is 30.0. The van der Waals surface area contributed by atoms with Gasteiger partial charge in [0.2, 0.25) is 0 Å². The van der Waals surface area contributed by atoms with Gasteiger partial charge in [-0.05, 0) is 0 Å². The zero-order valence-corrected chi connectivity index (χ0v) is 14.6. The van der Waals surface area contributed by atoms with E-state index in [1.165, 1.54) is 0 Å². The van der Waals surface area contributed by atoms with E-state index >= 15 is 0 Å². The number of hydrogen-bond acceptors (Lipinski definition) is 7. The summed E-state index contributed by atoms with van der Waals surface area (Å²) < 4.78 is 0. The smallest absolute Gasteiger partial charge is 0.550 e. The molecule has 0 aliphatic carbocycles. The van der Waals surface area contributed by atoms with Crippen LogP contribution in [0.5, 0.6) is 0 Å². The summed E-state index contributed by atoms with van der Waals surface area (Å²) in [5.74, 6) is -5.98. The number of carboxylic acid groups (broad SMARTS) is 3. The zero-order chi connectivity index (χ0) is 10.6. The average molecular weight is 335 g/mol. The molecule has 0 fully saturated rings. The molecule has 5 N–H and O–H groups in total. The molecule has 0 amide bonds. The van der Waals surface area contributed by atoms with Crippen molar-refractivity contribution in [3.05, 3.63) is 0 Å². The Hall–Kier alpha value is 0.809. The summed E-state index contributed by atoms with van der Waals surface area (Å²) in [6, 6.07) is 0. The maximum atomic E-state index is 10.1. The zero-order valence-electron chi connectivity index (χ0n) is 9.61. The van der Waals surface area contributed by atoms with Gasteiger partial charge in [-0.15, -0.1) is 0 Å². The van der Waals surface area contributed by atoms with Gasteiger partial charge in [-0.2, -0.15) is 0 Å². The average Bonchev–Trinajstić information content (AvgIpc) is 1.82. The molecule has 18 heavy (non-hydrogen) atoms. The van der Waals surface area contributed by atoms with Gasteiger partial charge in [-0.1, -0.05) is 0 Å². The van der Waals surface area contributed by atoms with Gasteiger partial charge in [0.25, 0.3) is 0 Å². The predicted molar refractivity (Wildman–Crippen MR) is 36.4 cm³/mol. The minimum Gasteiger partial charge on any atom is -0.550 e. The van der Waals surface area contributed by atoms with Crippen molar-refractivity contribution in [1.29, 1.82) is 0 Å². The molecule has 1 radical (unpaired) electrons. The normalized spacial score (nSPS) is 7.83. The van der Waals surface area contributed by atoms with Crippen molar-refractivity contribution in [3.8, 4) is 0 Å². The summed E-state index contributed by atoms with van der Waals surface area (Å²) in [6.45, 7) is 0. The van der Waals surface area contributed by atoms with Crippen LogP contribution in [0.2, 0.25) is 0 Å². The predicted octanol–water partition coefficient (Wildman–Crippen LogP) is -12.9. The van der Waals surface area contributed by atoms with Crippen molar-refractivity contribution in [2.24, 2.45) is 0 Å². The Morgan fingerprint density at radius 2 is 1.11 bits per heavy atom. The van der Waals surface area contributed by atoms with Gasteiger partial charge in [-0.3, -0.25) is 0 Å². The van der Waals surface area contributed by atoms with E-state index in [-0.39, 0.29) is 87.1 Å². The van der Waals surface area contributed by atoms with Gasteiger partial charge in [-0.25, -0.2) is 0 Å². The first-order chi connectivity index (χ1) is 5.78. The van der Waals surface area contributed by atoms with E-state index in [0.29, 0.717) is 0 Å². The Kier molecular flexibility index (Phi) is 32.0. The van der Waals surface area contributed by atoms with Crippen LogP contribution in [0.15, 0.2) is 0 Å². The number of carboxylic acids is 3. The Bertz CT molecular complexity index is 243. The van der Waals surface area contributed by atoms with E-state index in [0.717, 1.165) is 0 Å². The van der Waals surface area contributed by atoms with Crippen LogP contribution in [0.4, 0.5) is 0 Å². The molecule has 0 aromatic carbocycles. The Morgan fingerprint density at radius 3 is 1.22 bits per heavy atom. The molecule has 0 aliphatic rings. The molecule has 9 nitrogen and oxygen atoms in total. The third-order valence-electron chi connectivity index (χ3n) is 1.25. The maximum absolute atomic E-state index is 10.1. The van der Waals surface area contributed by atoms with E-state index in [9.17, 15) is 29.7 Å². The van der Waals surface area contributed by atoms with Crippen LogP contribution >= 0.6 is 0 Å². The minimum absolute atomic E-state index is 0. The maximum Gasteiger partial charge on any atom is 2.00 e. The summed E-state index contributed by atoms with van der Waals surface area (Å²) in [6.07, 6.45) is -2.72. The Morgan fingerprint density at radius 1 is 0.889 bits per heavy atom. The van der Waals surface area contributed by atoms with Crippen molar-refractivity contribution in [2.75, 3.05) is 0 Å². The van der Waals surface area contributed by atoms with Gasteiger partial charge in [0.05, 0.1) is 5.97 Å². The van der Waals surface area contributed by atoms with Crippen LogP contribution in [0.1, 0.15) is 12.8 Å². The van der Waals surface area contributed by atoms with E-state index in [4.69, 9.17) is 5.11 Å². The molecule has 0 saturated heterocycles. The van der Waals surface area contributed by atoms with Crippen LogP contribution in [-0.2, 0) is 31.5 Å². The number of rotatable bonds is 5. The molecule has 0 aromatic rings. The number of aliphatic hydroxyl groups is 1. The fourth-order valence-corrected chi connectivity index (χ4v) is 0.684. The summed E-state index contributed by atoms with van der Waals surface area (Å²) in [7, 11) is 0. The third kappa shape index (κ3) is 14.9. The molecular weight excluding hydrogens is 326 g/mol. The van der Waals surface area contributed by atoms with Crippen molar-refractivity contribution in [1.82, 2.24) is 0 Å². The van der Waals surface area contributed by atoms with Gasteiger partial charge in [0, 0.05) is 24.8 Å². The van der Waals surface area contributed by atoms with E-state index in [2.05, 4.69) is 0 Å². The van der Waals surface area contributed by atoms with Crippen LogP contribution in [0.3, 0.4) is 0 Å². The molecule has 0 bridgehead atoms. The monoisotopic (exact) mass is 334 g/mol. The second-order valence-corrected chi connectivity index (χ2v) is 2.42. The second kappa shape index (κ2) is 15.9. The first-order valence-electron chi connectivity index (χ1n) is 3.11. The molecule has 0 heterocycles. The molecule has 0 aromatic heterocycles.